The Hall–Kier alpha value is -3.55. The highest BCUT2D eigenvalue weighted by atomic mass is 16.6. The fraction of sp³-hybridized carbons (Fsp3) is 0.559. The fourth-order valence-electron chi connectivity index (χ4n) is 4.74. The van der Waals surface area contributed by atoms with Crippen molar-refractivity contribution in [2.24, 2.45) is 0 Å². The molecule has 8 nitrogen and oxygen atoms in total. The van der Waals surface area contributed by atoms with Gasteiger partial charge in [-0.2, -0.15) is 0 Å². The van der Waals surface area contributed by atoms with Crippen LogP contribution in [-0.4, -0.2) is 52.6 Å². The van der Waals surface area contributed by atoms with Gasteiger partial charge in [0.25, 0.3) is 0 Å². The van der Waals surface area contributed by atoms with Crippen molar-refractivity contribution >= 4 is 17.9 Å². The number of phenolic OH excluding ortho intramolecular Hbond substituents is 1. The van der Waals surface area contributed by atoms with Crippen LogP contribution in [0.25, 0.3) is 0 Å². The van der Waals surface area contributed by atoms with Gasteiger partial charge in [0.15, 0.2) is 0 Å². The lowest BCUT2D eigenvalue weighted by Gasteiger charge is -2.34. The molecule has 2 aromatic carbocycles. The van der Waals surface area contributed by atoms with E-state index in [1.807, 2.05) is 30.3 Å². The molecule has 2 unspecified atom stereocenters. The lowest BCUT2D eigenvalue weighted by atomic mass is 9.99. The van der Waals surface area contributed by atoms with Crippen molar-refractivity contribution in [3.8, 4) is 5.75 Å². The highest BCUT2D eigenvalue weighted by Crippen LogP contribution is 2.25. The number of aromatic hydroxyl groups is 1. The lowest BCUT2D eigenvalue weighted by Crippen LogP contribution is -2.54. The first-order chi connectivity index (χ1) is 20.1. The van der Waals surface area contributed by atoms with Gasteiger partial charge in [-0.1, -0.05) is 94.8 Å². The second-order valence-electron chi connectivity index (χ2n) is 11.8. The third-order valence-corrected chi connectivity index (χ3v) is 6.91. The molecule has 8 heteroatoms. The standard InChI is InChI=1S/C34H51N3O5/c1-6-8-10-11-12-16-24-37(30(27-17-14-13-15-18-27)31(39)35-23-9-7-2)32(40)29(36-33(41)42-34(3,4)5)25-26-19-21-28(38)22-20-26/h13-15,17-22,29-30,38H,6-12,16,23-25H2,1-5H3,(H,35,39)(H,36,41). The maximum atomic E-state index is 14.5. The molecule has 0 saturated carbocycles. The number of carbonyl (C=O) groups is 3. The zero-order chi connectivity index (χ0) is 31.0. The van der Waals surface area contributed by atoms with Gasteiger partial charge in [0, 0.05) is 19.5 Å². The number of amides is 3. The Labute approximate surface area is 252 Å². The normalized spacial score (nSPS) is 12.7. The van der Waals surface area contributed by atoms with Crippen LogP contribution in [0, 0.1) is 0 Å². The minimum absolute atomic E-state index is 0.110. The Morgan fingerprint density at radius 3 is 2.10 bits per heavy atom. The molecule has 2 atom stereocenters. The average Bonchev–Trinajstić information content (AvgIpc) is 2.94. The number of hydrogen-bond donors (Lipinski definition) is 3. The molecular weight excluding hydrogens is 530 g/mol. The van der Waals surface area contributed by atoms with Gasteiger partial charge in [-0.15, -0.1) is 0 Å². The SMILES string of the molecule is CCCCCCCCN(C(=O)C(Cc1ccc(O)cc1)NC(=O)OC(C)(C)C)C(C(=O)NCCCC)c1ccccc1. The van der Waals surface area contributed by atoms with Crippen LogP contribution < -0.4 is 10.6 Å². The number of unbranched alkanes of at least 4 members (excludes halogenated alkanes) is 6. The number of rotatable bonds is 17. The number of alkyl carbamates (subject to hydrolysis) is 1. The van der Waals surface area contributed by atoms with Gasteiger partial charge in [0.05, 0.1) is 0 Å². The van der Waals surface area contributed by atoms with E-state index < -0.39 is 23.8 Å². The first-order valence-electron chi connectivity index (χ1n) is 15.5. The van der Waals surface area contributed by atoms with Crippen molar-refractivity contribution in [2.75, 3.05) is 13.1 Å². The topological polar surface area (TPSA) is 108 Å². The first kappa shape index (κ1) is 34.7. The summed E-state index contributed by atoms with van der Waals surface area (Å²) in [6.45, 7) is 10.4. The van der Waals surface area contributed by atoms with Gasteiger partial charge < -0.3 is 25.4 Å². The van der Waals surface area contributed by atoms with E-state index in [4.69, 9.17) is 4.74 Å². The molecule has 0 radical (unpaired) electrons. The molecule has 3 N–H and O–H groups in total. The molecule has 42 heavy (non-hydrogen) atoms. The molecule has 0 fully saturated rings. The number of nitrogens with one attached hydrogen (secondary N) is 2. The van der Waals surface area contributed by atoms with E-state index in [1.165, 1.54) is 6.42 Å². The Morgan fingerprint density at radius 2 is 1.48 bits per heavy atom. The molecule has 2 rings (SSSR count). The molecule has 0 aromatic heterocycles. The molecule has 0 aliphatic carbocycles. The smallest absolute Gasteiger partial charge is 0.408 e. The minimum Gasteiger partial charge on any atom is -0.508 e. The number of hydrogen-bond acceptors (Lipinski definition) is 5. The maximum Gasteiger partial charge on any atom is 0.408 e. The van der Waals surface area contributed by atoms with E-state index in [0.29, 0.717) is 18.7 Å². The Kier molecular flexibility index (Phi) is 14.9. The van der Waals surface area contributed by atoms with Gasteiger partial charge in [-0.3, -0.25) is 9.59 Å². The Bertz CT molecular complexity index is 1080. The van der Waals surface area contributed by atoms with E-state index in [2.05, 4.69) is 24.5 Å². The van der Waals surface area contributed by atoms with Crippen molar-refractivity contribution in [1.29, 1.82) is 0 Å². The summed E-state index contributed by atoms with van der Waals surface area (Å²) < 4.78 is 5.51. The molecule has 3 amide bonds. The monoisotopic (exact) mass is 581 g/mol. The van der Waals surface area contributed by atoms with Crippen molar-refractivity contribution in [3.63, 3.8) is 0 Å². The van der Waals surface area contributed by atoms with Gasteiger partial charge >= 0.3 is 6.09 Å². The highest BCUT2D eigenvalue weighted by molar-refractivity contribution is 5.92. The summed E-state index contributed by atoms with van der Waals surface area (Å²) in [7, 11) is 0. The van der Waals surface area contributed by atoms with E-state index >= 15 is 0 Å². The van der Waals surface area contributed by atoms with Crippen molar-refractivity contribution in [3.05, 3.63) is 65.7 Å². The van der Waals surface area contributed by atoms with Gasteiger partial charge in [-0.25, -0.2) is 4.79 Å². The van der Waals surface area contributed by atoms with E-state index in [1.54, 1.807) is 49.9 Å². The van der Waals surface area contributed by atoms with Crippen LogP contribution in [-0.2, 0) is 20.7 Å². The summed E-state index contributed by atoms with van der Waals surface area (Å²) in [6, 6.07) is 14.0. The quantitative estimate of drug-likeness (QED) is 0.181. The largest absolute Gasteiger partial charge is 0.508 e. The maximum absolute atomic E-state index is 14.5. The van der Waals surface area contributed by atoms with Crippen LogP contribution in [0.4, 0.5) is 4.79 Å². The number of carbonyl (C=O) groups excluding carboxylic acids is 3. The molecule has 0 saturated heterocycles. The predicted molar refractivity (Wildman–Crippen MR) is 167 cm³/mol. The molecule has 0 heterocycles. The highest BCUT2D eigenvalue weighted by Gasteiger charge is 2.36. The van der Waals surface area contributed by atoms with Crippen molar-refractivity contribution < 1.29 is 24.2 Å². The van der Waals surface area contributed by atoms with Crippen LogP contribution in [0.2, 0.25) is 0 Å². The molecule has 0 aliphatic rings. The zero-order valence-corrected chi connectivity index (χ0v) is 26.2. The Balaban J connectivity index is 2.46. The minimum atomic E-state index is -0.987. The van der Waals surface area contributed by atoms with Crippen LogP contribution >= 0.6 is 0 Å². The van der Waals surface area contributed by atoms with Crippen LogP contribution in [0.3, 0.4) is 0 Å². The number of benzene rings is 2. The average molecular weight is 582 g/mol. The Morgan fingerprint density at radius 1 is 0.857 bits per heavy atom. The number of nitrogens with zero attached hydrogens (tertiary/aromatic N) is 1. The molecule has 232 valence electrons. The summed E-state index contributed by atoms with van der Waals surface area (Å²) in [6.07, 6.45) is 7.41. The molecular formula is C34H51N3O5. The van der Waals surface area contributed by atoms with Crippen LogP contribution in [0.1, 0.15) is 103 Å². The van der Waals surface area contributed by atoms with Gasteiger partial charge in [0.2, 0.25) is 11.8 Å². The second-order valence-corrected chi connectivity index (χ2v) is 11.8. The first-order valence-corrected chi connectivity index (χ1v) is 15.5. The molecule has 0 spiro atoms. The number of ether oxygens (including phenoxy) is 1. The lowest BCUT2D eigenvalue weighted by molar-refractivity contribution is -0.142. The van der Waals surface area contributed by atoms with Crippen LogP contribution in [0.5, 0.6) is 5.75 Å². The summed E-state index contributed by atoms with van der Waals surface area (Å²) in [4.78, 5) is 42.7. The summed E-state index contributed by atoms with van der Waals surface area (Å²) in [5, 5.41) is 15.6. The molecule has 0 aliphatic heterocycles. The molecule has 2 aromatic rings. The van der Waals surface area contributed by atoms with E-state index in [9.17, 15) is 19.5 Å². The summed E-state index contributed by atoms with van der Waals surface area (Å²) in [5.41, 5.74) is 0.719. The van der Waals surface area contributed by atoms with Crippen molar-refractivity contribution in [2.45, 2.75) is 110 Å². The van der Waals surface area contributed by atoms with E-state index in [0.717, 1.165) is 50.5 Å². The van der Waals surface area contributed by atoms with Crippen LogP contribution in [0.15, 0.2) is 54.6 Å². The number of phenols is 1. The van der Waals surface area contributed by atoms with Gasteiger partial charge in [-0.05, 0) is 56.9 Å². The third-order valence-electron chi connectivity index (χ3n) is 6.91. The van der Waals surface area contributed by atoms with Gasteiger partial charge in [0.1, 0.15) is 23.4 Å². The predicted octanol–water partition coefficient (Wildman–Crippen LogP) is 6.67. The zero-order valence-electron chi connectivity index (χ0n) is 26.2. The van der Waals surface area contributed by atoms with E-state index in [-0.39, 0.29) is 24.0 Å². The summed E-state index contributed by atoms with van der Waals surface area (Å²) >= 11 is 0. The molecule has 0 bridgehead atoms. The summed E-state index contributed by atoms with van der Waals surface area (Å²) in [5.74, 6) is -0.490. The second kappa shape index (κ2) is 18.1. The third kappa shape index (κ3) is 12.5. The van der Waals surface area contributed by atoms with Crippen molar-refractivity contribution in [1.82, 2.24) is 15.5 Å². The fourth-order valence-corrected chi connectivity index (χ4v) is 4.74.